The Morgan fingerprint density at radius 2 is 1.95 bits per heavy atom. The van der Waals surface area contributed by atoms with Gasteiger partial charge in [-0.15, -0.1) is 0 Å². The Balaban J connectivity index is 1.42. The van der Waals surface area contributed by atoms with Gasteiger partial charge in [-0.2, -0.15) is 10.1 Å². The number of hydrogen-bond acceptors (Lipinski definition) is 8. The smallest absolute Gasteiger partial charge is 0.245 e. The van der Waals surface area contributed by atoms with Gasteiger partial charge in [-0.3, -0.25) is 4.98 Å². The third-order valence-electron chi connectivity index (χ3n) is 6.41. The fraction of sp³-hybridized carbons (Fsp3) is 0.333. The van der Waals surface area contributed by atoms with Crippen molar-refractivity contribution < 1.29 is 9.13 Å². The molecule has 1 aliphatic heterocycles. The summed E-state index contributed by atoms with van der Waals surface area (Å²) in [6, 6.07) is 9.74. The first-order valence-corrected chi connectivity index (χ1v) is 13.9. The van der Waals surface area contributed by atoms with Crippen molar-refractivity contribution in [2.45, 2.75) is 40.0 Å². The summed E-state index contributed by atoms with van der Waals surface area (Å²) in [5, 5.41) is 8.21. The van der Waals surface area contributed by atoms with Crippen LogP contribution < -0.4 is 15.6 Å². The maximum atomic E-state index is 14.2. The lowest BCUT2D eigenvalue weighted by Crippen LogP contribution is -2.37. The van der Waals surface area contributed by atoms with Crippen molar-refractivity contribution in [2.24, 2.45) is 5.10 Å². The molecule has 0 saturated carbocycles. The van der Waals surface area contributed by atoms with E-state index >= 15 is 0 Å². The highest BCUT2D eigenvalue weighted by atomic mass is 35.5. The highest BCUT2D eigenvalue weighted by Crippen LogP contribution is 2.30. The standard InChI is InChI=1S/C30H35ClFN7O/c1-4-6-7-8-27(21(3)5-2)22-15-23(31)17-26(16-22)36-25-10-9-24(33-18-25)19-35-38-30-34-20-28(32)29(37-30)39-11-13-40-14-12-39/h7-10,15-20,36H,4-6,11-14H2,1-3H3,(H,34,37,38)/b8-7-,27-21?,35-19+. The van der Waals surface area contributed by atoms with Crippen molar-refractivity contribution in [3.8, 4) is 0 Å². The van der Waals surface area contributed by atoms with Crippen LogP contribution in [0.2, 0.25) is 5.02 Å². The number of allylic oxidation sites excluding steroid dienone is 4. The number of anilines is 4. The molecule has 0 unspecified atom stereocenters. The van der Waals surface area contributed by atoms with Crippen LogP contribution in [0.3, 0.4) is 0 Å². The van der Waals surface area contributed by atoms with Crippen LogP contribution in [0, 0.1) is 5.82 Å². The second kappa shape index (κ2) is 14.5. The summed E-state index contributed by atoms with van der Waals surface area (Å²) in [6.07, 6.45) is 11.9. The van der Waals surface area contributed by atoms with Gasteiger partial charge >= 0.3 is 0 Å². The van der Waals surface area contributed by atoms with Crippen molar-refractivity contribution in [3.05, 3.63) is 82.5 Å². The van der Waals surface area contributed by atoms with Crippen LogP contribution in [-0.2, 0) is 4.74 Å². The predicted molar refractivity (Wildman–Crippen MR) is 162 cm³/mol. The predicted octanol–water partition coefficient (Wildman–Crippen LogP) is 7.23. The first-order valence-electron chi connectivity index (χ1n) is 13.5. The van der Waals surface area contributed by atoms with E-state index in [-0.39, 0.29) is 11.8 Å². The topological polar surface area (TPSA) is 87.6 Å². The minimum atomic E-state index is -0.478. The van der Waals surface area contributed by atoms with E-state index in [4.69, 9.17) is 16.3 Å². The first-order chi connectivity index (χ1) is 19.5. The summed E-state index contributed by atoms with van der Waals surface area (Å²) in [6.45, 7) is 8.70. The molecule has 0 aliphatic carbocycles. The number of nitrogens with one attached hydrogen (secondary N) is 2. The number of nitrogens with zero attached hydrogens (tertiary/aromatic N) is 5. The van der Waals surface area contributed by atoms with Gasteiger partial charge in [-0.1, -0.05) is 49.6 Å². The summed E-state index contributed by atoms with van der Waals surface area (Å²) < 4.78 is 19.6. The van der Waals surface area contributed by atoms with Gasteiger partial charge in [0.2, 0.25) is 5.95 Å². The molecule has 10 heteroatoms. The minimum absolute atomic E-state index is 0.199. The summed E-state index contributed by atoms with van der Waals surface area (Å²) in [7, 11) is 0. The molecule has 210 valence electrons. The monoisotopic (exact) mass is 563 g/mol. The molecule has 1 fully saturated rings. The van der Waals surface area contributed by atoms with Gasteiger partial charge in [0, 0.05) is 23.8 Å². The lowest BCUT2D eigenvalue weighted by Gasteiger charge is -2.27. The molecule has 40 heavy (non-hydrogen) atoms. The summed E-state index contributed by atoms with van der Waals surface area (Å²) in [5.74, 6) is -0.0441. The molecule has 2 aromatic heterocycles. The Morgan fingerprint density at radius 3 is 2.67 bits per heavy atom. The van der Waals surface area contributed by atoms with Crippen LogP contribution in [0.15, 0.2) is 65.6 Å². The Labute approximate surface area is 240 Å². The van der Waals surface area contributed by atoms with E-state index in [1.54, 1.807) is 12.4 Å². The molecule has 0 atom stereocenters. The van der Waals surface area contributed by atoms with Crippen LogP contribution in [-0.4, -0.2) is 47.5 Å². The van der Waals surface area contributed by atoms with Gasteiger partial charge in [-0.05, 0) is 61.2 Å². The maximum absolute atomic E-state index is 14.2. The molecule has 0 radical (unpaired) electrons. The molecular weight excluding hydrogens is 529 g/mol. The molecule has 0 bridgehead atoms. The molecular formula is C30H35ClFN7O. The van der Waals surface area contributed by atoms with E-state index in [1.807, 2.05) is 29.2 Å². The number of benzene rings is 1. The van der Waals surface area contributed by atoms with E-state index < -0.39 is 5.82 Å². The van der Waals surface area contributed by atoms with E-state index in [1.165, 1.54) is 11.1 Å². The third-order valence-corrected chi connectivity index (χ3v) is 6.63. The van der Waals surface area contributed by atoms with Gasteiger partial charge < -0.3 is 15.0 Å². The normalized spacial score (nSPS) is 14.6. The molecule has 0 amide bonds. The van der Waals surface area contributed by atoms with Crippen molar-refractivity contribution in [1.29, 1.82) is 0 Å². The Hall–Kier alpha value is -3.82. The average molecular weight is 564 g/mol. The van der Waals surface area contributed by atoms with Crippen molar-refractivity contribution in [2.75, 3.05) is 41.9 Å². The molecule has 3 heterocycles. The fourth-order valence-corrected chi connectivity index (χ4v) is 4.38. The van der Waals surface area contributed by atoms with Crippen molar-refractivity contribution >= 4 is 46.5 Å². The SMILES string of the molecule is CCC/C=C\C(=C(C)CC)c1cc(Cl)cc(Nc2ccc(/C=N/Nc3ncc(F)c(N4CCOCC4)n3)nc2)c1. The molecule has 3 aromatic rings. The lowest BCUT2D eigenvalue weighted by atomic mass is 9.97. The number of rotatable bonds is 11. The maximum Gasteiger partial charge on any atom is 0.245 e. The fourth-order valence-electron chi connectivity index (χ4n) is 4.15. The third kappa shape index (κ3) is 8.09. The van der Waals surface area contributed by atoms with E-state index in [9.17, 15) is 4.39 Å². The number of aromatic nitrogens is 3. The summed E-state index contributed by atoms with van der Waals surface area (Å²) in [5.41, 5.74) is 8.65. The van der Waals surface area contributed by atoms with E-state index in [2.05, 4.69) is 69.8 Å². The van der Waals surface area contributed by atoms with E-state index in [0.717, 1.165) is 42.4 Å². The Morgan fingerprint density at radius 1 is 1.12 bits per heavy atom. The molecule has 2 N–H and O–H groups in total. The highest BCUT2D eigenvalue weighted by molar-refractivity contribution is 6.31. The number of hydrogen-bond donors (Lipinski definition) is 2. The number of hydrazone groups is 1. The van der Waals surface area contributed by atoms with Crippen LogP contribution >= 0.6 is 11.6 Å². The largest absolute Gasteiger partial charge is 0.378 e. The highest BCUT2D eigenvalue weighted by Gasteiger charge is 2.17. The zero-order valence-electron chi connectivity index (χ0n) is 23.1. The van der Waals surface area contributed by atoms with Crippen LogP contribution in [0.4, 0.5) is 27.5 Å². The summed E-state index contributed by atoms with van der Waals surface area (Å²) >= 11 is 6.50. The minimum Gasteiger partial charge on any atom is -0.378 e. The zero-order chi connectivity index (χ0) is 28.3. The second-order valence-electron chi connectivity index (χ2n) is 9.40. The van der Waals surface area contributed by atoms with Gasteiger partial charge in [0.05, 0.1) is 43.2 Å². The number of morpholine rings is 1. The summed E-state index contributed by atoms with van der Waals surface area (Å²) in [4.78, 5) is 14.5. The zero-order valence-corrected chi connectivity index (χ0v) is 23.9. The van der Waals surface area contributed by atoms with Crippen LogP contribution in [0.5, 0.6) is 0 Å². The van der Waals surface area contributed by atoms with Gasteiger partial charge in [0.25, 0.3) is 0 Å². The Bertz CT molecular complexity index is 1370. The second-order valence-corrected chi connectivity index (χ2v) is 9.83. The number of halogens is 2. The van der Waals surface area contributed by atoms with Gasteiger partial charge in [-0.25, -0.2) is 14.8 Å². The number of pyridine rings is 1. The molecule has 8 nitrogen and oxygen atoms in total. The lowest BCUT2D eigenvalue weighted by molar-refractivity contribution is 0.122. The van der Waals surface area contributed by atoms with Gasteiger partial charge in [0.15, 0.2) is 11.6 Å². The van der Waals surface area contributed by atoms with Crippen LogP contribution in [0.25, 0.3) is 5.57 Å². The molecule has 1 aliphatic rings. The van der Waals surface area contributed by atoms with E-state index in [0.29, 0.717) is 37.0 Å². The average Bonchev–Trinajstić information content (AvgIpc) is 2.97. The number of unbranched alkanes of at least 4 members (excludes halogenated alkanes) is 1. The Kier molecular flexibility index (Phi) is 10.6. The van der Waals surface area contributed by atoms with Crippen molar-refractivity contribution in [3.63, 3.8) is 0 Å². The molecule has 1 aromatic carbocycles. The van der Waals surface area contributed by atoms with Crippen LogP contribution in [0.1, 0.15) is 51.3 Å². The number of ether oxygens (including phenoxy) is 1. The first kappa shape index (κ1) is 29.2. The molecule has 1 saturated heterocycles. The molecule has 0 spiro atoms. The quantitative estimate of drug-likeness (QED) is 0.144. The van der Waals surface area contributed by atoms with Crippen molar-refractivity contribution in [1.82, 2.24) is 15.0 Å². The molecule has 4 rings (SSSR count). The van der Waals surface area contributed by atoms with Gasteiger partial charge in [0.1, 0.15) is 0 Å².